The van der Waals surface area contributed by atoms with Crippen LogP contribution in [0.1, 0.15) is 17.2 Å². The van der Waals surface area contributed by atoms with Crippen LogP contribution in [0.2, 0.25) is 0 Å². The summed E-state index contributed by atoms with van der Waals surface area (Å²) in [6.45, 7) is 2.70. The zero-order chi connectivity index (χ0) is 19.6. The Hall–Kier alpha value is -1.26. The average Bonchev–Trinajstić information content (AvgIpc) is 2.60. The molecule has 2 aromatic rings. The van der Waals surface area contributed by atoms with Gasteiger partial charge in [0.25, 0.3) is 0 Å². The lowest BCUT2D eigenvalue weighted by Crippen LogP contribution is -2.45. The highest BCUT2D eigenvalue weighted by atomic mass is 79.9. The number of hydrogen-bond donors (Lipinski definition) is 2. The van der Waals surface area contributed by atoms with Crippen molar-refractivity contribution in [3.8, 4) is 11.5 Å². The van der Waals surface area contributed by atoms with Gasteiger partial charge in [-0.3, -0.25) is 4.90 Å². The first-order valence-electron chi connectivity index (χ1n) is 8.23. The average molecular weight is 522 g/mol. The third-order valence-corrected chi connectivity index (χ3v) is 4.90. The third kappa shape index (κ3) is 6.62. The normalized spacial score (nSPS) is 15.8. The molecule has 0 saturated carbocycles. The van der Waals surface area contributed by atoms with Gasteiger partial charge in [0, 0.05) is 31.7 Å². The van der Waals surface area contributed by atoms with Crippen molar-refractivity contribution in [1.82, 2.24) is 10.2 Å². The van der Waals surface area contributed by atoms with Crippen LogP contribution in [0.5, 0.6) is 11.5 Å². The number of nitrogens with one attached hydrogen (secondary N) is 1. The van der Waals surface area contributed by atoms with Crippen molar-refractivity contribution in [3.63, 3.8) is 0 Å². The van der Waals surface area contributed by atoms with E-state index in [-0.39, 0.29) is 40.8 Å². The van der Waals surface area contributed by atoms with Crippen LogP contribution < -0.4 is 10.1 Å². The molecule has 1 saturated heterocycles. The van der Waals surface area contributed by atoms with E-state index >= 15 is 0 Å². The highest BCUT2D eigenvalue weighted by Crippen LogP contribution is 2.39. The topological polar surface area (TPSA) is 44.7 Å². The summed E-state index contributed by atoms with van der Waals surface area (Å²) in [5.74, 6) is -0.961. The molecular formula is C18H19BrCl2F4N2O2. The summed E-state index contributed by atoms with van der Waals surface area (Å²) in [7, 11) is 0. The fourth-order valence-corrected chi connectivity index (χ4v) is 3.62. The number of phenols is 1. The summed E-state index contributed by atoms with van der Waals surface area (Å²) in [6.07, 6.45) is -4.77. The molecule has 0 unspecified atom stereocenters. The number of benzene rings is 2. The number of alkyl halides is 3. The van der Waals surface area contributed by atoms with Crippen LogP contribution >= 0.6 is 40.7 Å². The van der Waals surface area contributed by atoms with Gasteiger partial charge in [0.15, 0.2) is 0 Å². The maximum atomic E-state index is 14.0. The Morgan fingerprint density at radius 2 is 1.66 bits per heavy atom. The first kappa shape index (κ1) is 25.8. The van der Waals surface area contributed by atoms with E-state index in [1.807, 2.05) is 4.90 Å². The monoisotopic (exact) mass is 520 g/mol. The van der Waals surface area contributed by atoms with Crippen molar-refractivity contribution in [2.75, 3.05) is 26.2 Å². The molecule has 0 bridgehead atoms. The van der Waals surface area contributed by atoms with Crippen molar-refractivity contribution in [2.45, 2.75) is 12.4 Å². The minimum atomic E-state index is -4.77. The maximum absolute atomic E-state index is 14.0. The van der Waals surface area contributed by atoms with E-state index in [1.54, 1.807) is 0 Å². The molecule has 0 aliphatic carbocycles. The van der Waals surface area contributed by atoms with Gasteiger partial charge in [0.05, 0.1) is 10.5 Å². The molecule has 1 fully saturated rings. The number of halogens is 7. The van der Waals surface area contributed by atoms with E-state index in [2.05, 4.69) is 26.0 Å². The summed E-state index contributed by atoms with van der Waals surface area (Å²) in [4.78, 5) is 2.04. The summed E-state index contributed by atoms with van der Waals surface area (Å²) in [5, 5.41) is 13.7. The first-order valence-corrected chi connectivity index (χ1v) is 9.02. The second-order valence-electron chi connectivity index (χ2n) is 6.13. The molecule has 1 atom stereocenters. The second kappa shape index (κ2) is 10.7. The van der Waals surface area contributed by atoms with Crippen LogP contribution in [0, 0.1) is 5.82 Å². The third-order valence-electron chi connectivity index (χ3n) is 4.30. The van der Waals surface area contributed by atoms with Crippen molar-refractivity contribution >= 4 is 40.7 Å². The molecule has 1 aliphatic rings. The van der Waals surface area contributed by atoms with Crippen molar-refractivity contribution < 1.29 is 27.4 Å². The summed E-state index contributed by atoms with van der Waals surface area (Å²) >= 11 is 3.14. The van der Waals surface area contributed by atoms with Crippen molar-refractivity contribution in [1.29, 1.82) is 0 Å². The smallest absolute Gasteiger partial charge is 0.506 e. The van der Waals surface area contributed by atoms with Gasteiger partial charge in [0.2, 0.25) is 0 Å². The fourth-order valence-electron chi connectivity index (χ4n) is 3.17. The number of phenolic OH excluding ortho intramolecular Hbond substituents is 1. The van der Waals surface area contributed by atoms with Crippen molar-refractivity contribution in [2.24, 2.45) is 0 Å². The van der Waals surface area contributed by atoms with E-state index < -0.39 is 18.2 Å². The van der Waals surface area contributed by atoms with E-state index in [4.69, 9.17) is 0 Å². The number of aromatic hydroxyl groups is 1. The van der Waals surface area contributed by atoms with Crippen LogP contribution in [0.25, 0.3) is 0 Å². The molecule has 11 heteroatoms. The Bertz CT molecular complexity index is 804. The lowest BCUT2D eigenvalue weighted by atomic mass is 9.95. The largest absolute Gasteiger partial charge is 0.573 e. The van der Waals surface area contributed by atoms with Crippen LogP contribution in [-0.4, -0.2) is 42.5 Å². The predicted molar refractivity (Wildman–Crippen MR) is 110 cm³/mol. The van der Waals surface area contributed by atoms with Gasteiger partial charge in [-0.05, 0) is 45.8 Å². The summed E-state index contributed by atoms with van der Waals surface area (Å²) in [5.41, 5.74) is 0.965. The van der Waals surface area contributed by atoms with Gasteiger partial charge in [-0.15, -0.1) is 38.0 Å². The number of hydrogen-bond acceptors (Lipinski definition) is 4. The van der Waals surface area contributed by atoms with Gasteiger partial charge < -0.3 is 15.2 Å². The Labute approximate surface area is 186 Å². The molecule has 0 aromatic heterocycles. The molecule has 29 heavy (non-hydrogen) atoms. The van der Waals surface area contributed by atoms with Gasteiger partial charge >= 0.3 is 6.36 Å². The van der Waals surface area contributed by atoms with Crippen molar-refractivity contribution in [3.05, 3.63) is 57.8 Å². The molecule has 4 nitrogen and oxygen atoms in total. The summed E-state index contributed by atoms with van der Waals surface area (Å²) < 4.78 is 55.3. The molecule has 3 rings (SSSR count). The van der Waals surface area contributed by atoms with Gasteiger partial charge in [0.1, 0.15) is 17.3 Å². The zero-order valence-electron chi connectivity index (χ0n) is 14.9. The number of ether oxygens (including phenoxy) is 1. The highest BCUT2D eigenvalue weighted by molar-refractivity contribution is 9.10. The fraction of sp³-hybridized carbons (Fsp3) is 0.333. The Morgan fingerprint density at radius 3 is 2.21 bits per heavy atom. The van der Waals surface area contributed by atoms with E-state index in [1.165, 1.54) is 30.3 Å². The molecule has 2 N–H and O–H groups in total. The summed E-state index contributed by atoms with van der Waals surface area (Å²) in [6, 6.07) is 7.30. The van der Waals surface area contributed by atoms with Crippen LogP contribution in [-0.2, 0) is 0 Å². The molecule has 0 radical (unpaired) electrons. The SMILES string of the molecule is Cl.Cl.Oc1c(Br)cc(F)cc1[C@@H](c1ccc(OC(F)(F)F)cc1)N1CCNCC1. The van der Waals surface area contributed by atoms with Crippen LogP contribution in [0.4, 0.5) is 17.6 Å². The highest BCUT2D eigenvalue weighted by Gasteiger charge is 2.32. The molecule has 1 aliphatic heterocycles. The standard InChI is InChI=1S/C18H17BrF4N2O2.2ClH/c19-15-10-12(20)9-14(17(15)26)16(25-7-5-24-6-8-25)11-1-3-13(4-2-11)27-18(21,22)23;;/h1-4,9-10,16,24,26H,5-8H2;2*1H/t16-;;/m1../s1. The number of nitrogens with zero attached hydrogens (tertiary/aromatic N) is 1. The van der Waals surface area contributed by atoms with Gasteiger partial charge in [-0.25, -0.2) is 4.39 Å². The number of piperazine rings is 1. The zero-order valence-corrected chi connectivity index (χ0v) is 18.1. The molecular weight excluding hydrogens is 503 g/mol. The lowest BCUT2D eigenvalue weighted by Gasteiger charge is -2.36. The Morgan fingerprint density at radius 1 is 1.07 bits per heavy atom. The molecule has 162 valence electrons. The lowest BCUT2D eigenvalue weighted by molar-refractivity contribution is -0.274. The Balaban J connectivity index is 0.00000210. The molecule has 0 spiro atoms. The minimum absolute atomic E-state index is 0. The van der Waals surface area contributed by atoms with Gasteiger partial charge in [-0.1, -0.05) is 12.1 Å². The minimum Gasteiger partial charge on any atom is -0.506 e. The molecule has 0 amide bonds. The molecule has 1 heterocycles. The quantitative estimate of drug-likeness (QED) is 0.554. The van der Waals surface area contributed by atoms with E-state index in [9.17, 15) is 22.7 Å². The number of rotatable bonds is 4. The predicted octanol–water partition coefficient (Wildman–Crippen LogP) is 5.03. The van der Waals surface area contributed by atoms with E-state index in [0.29, 0.717) is 37.3 Å². The maximum Gasteiger partial charge on any atom is 0.573 e. The van der Waals surface area contributed by atoms with Crippen LogP contribution in [0.3, 0.4) is 0 Å². The second-order valence-corrected chi connectivity index (χ2v) is 6.99. The molecule has 2 aromatic carbocycles. The van der Waals surface area contributed by atoms with Gasteiger partial charge in [-0.2, -0.15) is 0 Å². The van der Waals surface area contributed by atoms with Crippen LogP contribution in [0.15, 0.2) is 40.9 Å². The Kier molecular flexibility index (Phi) is 9.49. The first-order chi connectivity index (χ1) is 12.7. The van der Waals surface area contributed by atoms with E-state index in [0.717, 1.165) is 6.07 Å².